The molecule has 0 unspecified atom stereocenters. The van der Waals surface area contributed by atoms with Crippen molar-refractivity contribution in [1.29, 1.82) is 0 Å². The van der Waals surface area contributed by atoms with E-state index >= 15 is 0 Å². The van der Waals surface area contributed by atoms with Gasteiger partial charge in [-0.1, -0.05) is 0 Å². The molecule has 63 heavy (non-hydrogen) atoms. The minimum Gasteiger partial charge on any atom is 1.00 e. The Morgan fingerprint density at radius 1 is 0.0159 bits per heavy atom. The molecule has 0 aromatic rings. The Morgan fingerprint density at radius 2 is 0.0159 bits per heavy atom. The van der Waals surface area contributed by atoms with Crippen molar-refractivity contribution in [3.63, 3.8) is 0 Å². The summed E-state index contributed by atoms with van der Waals surface area (Å²) in [4.78, 5) is 0. The zero-order chi connectivity index (χ0) is 0. The largest absolute Gasteiger partial charge is 1.00 e. The van der Waals surface area contributed by atoms with Crippen LogP contribution in [0.2, 0.25) is 0 Å². The average Bonchev–Trinajstić information content (AvgIpc) is 0. The summed E-state index contributed by atoms with van der Waals surface area (Å²) in [6, 6.07) is 0. The molecule has 0 spiro atoms. The Kier molecular flexibility index (Phi) is 3810. The summed E-state index contributed by atoms with van der Waals surface area (Å²) < 4.78 is 0. The van der Waals surface area contributed by atoms with Gasteiger partial charge in [-0.3, -0.25) is 0 Å². The molecule has 0 fully saturated rings. The van der Waals surface area contributed by atoms with Crippen molar-refractivity contribution in [2.24, 2.45) is 0 Å². The van der Waals surface area contributed by atoms with E-state index in [-0.39, 0.29) is 1860 Å². The topological polar surface area (TPSA) is 0 Å². The van der Waals surface area contributed by atoms with Crippen LogP contribution in [0.5, 0.6) is 0 Å². The van der Waals surface area contributed by atoms with Gasteiger partial charge in [-0.25, -0.2) is 0 Å². The second kappa shape index (κ2) is 484. The van der Waals surface area contributed by atoms with Crippen LogP contribution in [0.3, 0.4) is 0 Å². The SMILES string of the molecule is [Na+].[Na+].[Na+].[Na+].[Na+].[Na+].[Na+].[Na+].[Na+].[Na+].[Na+].[Na+].[Na+].[Na+].[Na+].[Na+].[Na+].[Na+].[Na+].[Na+].[Na+].[Na+].[Na+].[Na+].[Na+].[Na+].[Na+].[Na+].[Na+].[Na+].[Na+].[Na+].[Na+].[Na+].[Na+].[Na+].[Na+].[Na+].[Na+].[Na+].[Na+].[Na+].[Na+].[Na+].[Na+].[Na+].[Na+].[Na+].[Na+].[Na+].[Na+].[Na+].[Na+].[Na+].[Na+].[Na+].[Na+].[Na+].[Na+].[Na+].[Na+].[Na+].[Na+]. The fourth-order valence-electron chi connectivity index (χ4n) is 0. The van der Waals surface area contributed by atoms with Crippen LogP contribution in [0.25, 0.3) is 0 Å². The molecular weight excluding hydrogens is 1450 g/mol. The molecule has 0 aliphatic heterocycles. The standard InChI is InChI=1S/63Na/q63*+1. The summed E-state index contributed by atoms with van der Waals surface area (Å²) in [6.45, 7) is 0. The van der Waals surface area contributed by atoms with Gasteiger partial charge < -0.3 is 0 Å². The zero-order valence-corrected chi connectivity index (χ0v) is 189. The molecule has 0 heterocycles. The fourth-order valence-corrected chi connectivity index (χ4v) is 0. The Labute approximate surface area is 1790 Å². The second-order valence-electron chi connectivity index (χ2n) is 0. The monoisotopic (exact) mass is 1450 g/mol. The van der Waals surface area contributed by atoms with E-state index in [0.717, 1.165) is 0 Å². The molecule has 0 aliphatic carbocycles. The van der Waals surface area contributed by atoms with Crippen molar-refractivity contribution in [2.75, 3.05) is 0 Å². The van der Waals surface area contributed by atoms with Crippen LogP contribution in [-0.2, 0) is 0 Å². The molecule has 0 saturated heterocycles. The summed E-state index contributed by atoms with van der Waals surface area (Å²) in [5.74, 6) is 0. The molecular formula is Na63+63. The van der Waals surface area contributed by atoms with Crippen LogP contribution in [-0.4, -0.2) is 0 Å². The van der Waals surface area contributed by atoms with Gasteiger partial charge in [0.2, 0.25) is 0 Å². The molecule has 0 aromatic heterocycles. The van der Waals surface area contributed by atoms with E-state index < -0.39 is 0 Å². The van der Waals surface area contributed by atoms with Crippen molar-refractivity contribution in [3.8, 4) is 0 Å². The van der Waals surface area contributed by atoms with E-state index in [2.05, 4.69) is 0 Å². The van der Waals surface area contributed by atoms with Crippen molar-refractivity contribution in [2.45, 2.75) is 0 Å². The summed E-state index contributed by atoms with van der Waals surface area (Å²) >= 11 is 0. The summed E-state index contributed by atoms with van der Waals surface area (Å²) in [7, 11) is 0. The van der Waals surface area contributed by atoms with Crippen LogP contribution < -0.4 is 1860 Å². The van der Waals surface area contributed by atoms with Gasteiger partial charge in [-0.15, -0.1) is 0 Å². The van der Waals surface area contributed by atoms with E-state index in [1.807, 2.05) is 0 Å². The predicted octanol–water partition coefficient (Wildman–Crippen LogP) is -189. The van der Waals surface area contributed by atoms with Gasteiger partial charge >= 0.3 is 1860 Å². The minimum atomic E-state index is 0. The van der Waals surface area contributed by atoms with E-state index in [0.29, 0.717) is 0 Å². The molecule has 0 bridgehead atoms. The molecule has 0 aliphatic rings. The normalized spacial score (nSPS) is 0. The van der Waals surface area contributed by atoms with Gasteiger partial charge in [-0.05, 0) is 0 Å². The van der Waals surface area contributed by atoms with Gasteiger partial charge in [-0.2, -0.15) is 0 Å². The molecule has 0 aromatic carbocycles. The third kappa shape index (κ3) is 476. The number of hydrogen-bond donors (Lipinski definition) is 0. The van der Waals surface area contributed by atoms with Crippen LogP contribution in [0.15, 0.2) is 0 Å². The van der Waals surface area contributed by atoms with E-state index in [1.54, 1.807) is 0 Å². The van der Waals surface area contributed by atoms with Gasteiger partial charge in [0.15, 0.2) is 0 Å². The first-order valence-corrected chi connectivity index (χ1v) is 0. The summed E-state index contributed by atoms with van der Waals surface area (Å²) in [5, 5.41) is 0. The van der Waals surface area contributed by atoms with Crippen LogP contribution >= 0.6 is 0 Å². The zero-order valence-electron chi connectivity index (χ0n) is 63.0. The smallest absolute Gasteiger partial charge is 1.00 e. The Hall–Kier alpha value is 63.0. The predicted molar refractivity (Wildman–Crippen MR) is 0 cm³/mol. The molecule has 0 radical (unpaired) electrons. The van der Waals surface area contributed by atoms with Gasteiger partial charge in [0.1, 0.15) is 0 Å². The quantitative estimate of drug-likeness (QED) is 0.212. The molecule has 0 atom stereocenters. The van der Waals surface area contributed by atoms with E-state index in [1.165, 1.54) is 0 Å². The maximum absolute atomic E-state index is 0. The van der Waals surface area contributed by atoms with Crippen molar-refractivity contribution < 1.29 is 1860 Å². The molecule has 0 nitrogen and oxygen atoms in total. The van der Waals surface area contributed by atoms with E-state index in [4.69, 9.17) is 0 Å². The molecule has 0 rings (SSSR count). The molecule has 0 amide bonds. The fraction of sp³-hybridized carbons (Fsp3) is 0. The van der Waals surface area contributed by atoms with E-state index in [9.17, 15) is 0 Å². The Bertz CT molecular complexity index is 0. The average molecular weight is 1450 g/mol. The third-order valence-corrected chi connectivity index (χ3v) is 0. The van der Waals surface area contributed by atoms with Crippen molar-refractivity contribution in [3.05, 3.63) is 0 Å². The molecule has 63 heteroatoms. The van der Waals surface area contributed by atoms with Gasteiger partial charge in [0.05, 0.1) is 0 Å². The molecule has 0 N–H and O–H groups in total. The summed E-state index contributed by atoms with van der Waals surface area (Å²) in [5.41, 5.74) is 0. The maximum Gasteiger partial charge on any atom is 1.00 e. The molecule has 0 valence electrons. The van der Waals surface area contributed by atoms with Gasteiger partial charge in [0, 0.05) is 0 Å². The maximum atomic E-state index is 0. The van der Waals surface area contributed by atoms with Crippen molar-refractivity contribution in [1.82, 2.24) is 0 Å². The van der Waals surface area contributed by atoms with Crippen LogP contribution in [0.4, 0.5) is 0 Å². The first kappa shape index (κ1) is 496. The van der Waals surface area contributed by atoms with Crippen LogP contribution in [0, 0.1) is 0 Å². The van der Waals surface area contributed by atoms with Crippen molar-refractivity contribution >= 4 is 0 Å². The number of rotatable bonds is 0. The summed E-state index contributed by atoms with van der Waals surface area (Å²) in [6.07, 6.45) is 0. The Morgan fingerprint density at radius 3 is 0.0159 bits per heavy atom. The third-order valence-electron chi connectivity index (χ3n) is 0. The van der Waals surface area contributed by atoms with Gasteiger partial charge in [0.25, 0.3) is 0 Å². The Balaban J connectivity index is 0. The van der Waals surface area contributed by atoms with Crippen LogP contribution in [0.1, 0.15) is 0 Å². The number of hydrogen-bond acceptors (Lipinski definition) is 0. The second-order valence-corrected chi connectivity index (χ2v) is 0. The first-order chi connectivity index (χ1) is 0. The minimum absolute atomic E-state index is 0. The molecule has 0 saturated carbocycles. The first-order valence-electron chi connectivity index (χ1n) is 0.